The minimum absolute atomic E-state index is 0.0894. The smallest absolute Gasteiger partial charge is 0.265 e. The number of ether oxygens (including phenoxy) is 1. The van der Waals surface area contributed by atoms with E-state index in [0.29, 0.717) is 23.2 Å². The zero-order valence-corrected chi connectivity index (χ0v) is 10.5. The molecule has 1 aromatic rings. The van der Waals surface area contributed by atoms with Gasteiger partial charge in [-0.05, 0) is 13.3 Å². The molecule has 17 heavy (non-hydrogen) atoms. The van der Waals surface area contributed by atoms with Crippen molar-refractivity contribution in [3.8, 4) is 0 Å². The van der Waals surface area contributed by atoms with Crippen molar-refractivity contribution < 1.29 is 9.53 Å². The fraction of sp³-hybridized carbons (Fsp3) is 0.600. The van der Waals surface area contributed by atoms with Crippen molar-refractivity contribution in [3.63, 3.8) is 0 Å². The van der Waals surface area contributed by atoms with Gasteiger partial charge >= 0.3 is 0 Å². The zero-order valence-electron chi connectivity index (χ0n) is 9.66. The average Bonchev–Trinajstić information content (AvgIpc) is 2.88. The maximum atomic E-state index is 11.9. The van der Waals surface area contributed by atoms with E-state index in [1.165, 1.54) is 11.3 Å². The van der Waals surface area contributed by atoms with Gasteiger partial charge in [-0.3, -0.25) is 4.79 Å². The van der Waals surface area contributed by atoms with Gasteiger partial charge < -0.3 is 21.1 Å². The minimum atomic E-state index is -0.167. The predicted octanol–water partition coefficient (Wildman–Crippen LogP) is 0.676. The highest BCUT2D eigenvalue weighted by Crippen LogP contribution is 2.24. The van der Waals surface area contributed by atoms with Crippen LogP contribution in [-0.2, 0) is 4.74 Å². The summed E-state index contributed by atoms with van der Waals surface area (Å²) in [5.41, 5.74) is 5.71. The van der Waals surface area contributed by atoms with Crippen molar-refractivity contribution >= 4 is 28.2 Å². The Morgan fingerprint density at radius 1 is 1.71 bits per heavy atom. The maximum Gasteiger partial charge on any atom is 0.265 e. The fourth-order valence-electron chi connectivity index (χ4n) is 1.62. The third-order valence-electron chi connectivity index (χ3n) is 2.45. The van der Waals surface area contributed by atoms with Crippen molar-refractivity contribution in [2.24, 2.45) is 0 Å². The average molecular weight is 256 g/mol. The molecule has 1 fully saturated rings. The molecule has 1 amide bonds. The number of nitrogens with two attached hydrogens (primary N) is 1. The molecule has 0 radical (unpaired) electrons. The minimum Gasteiger partial charge on any atom is -0.382 e. The first-order chi connectivity index (χ1) is 8.20. The molecule has 0 spiro atoms. The summed E-state index contributed by atoms with van der Waals surface area (Å²) in [6, 6.07) is 0.0894. The number of hydrogen-bond acceptors (Lipinski definition) is 6. The molecule has 0 aromatic carbocycles. The van der Waals surface area contributed by atoms with E-state index in [0.717, 1.165) is 13.0 Å². The van der Waals surface area contributed by atoms with Crippen molar-refractivity contribution in [3.05, 3.63) is 4.88 Å². The normalized spacial score (nSPS) is 19.2. The molecule has 0 bridgehead atoms. The lowest BCUT2D eigenvalue weighted by atomic mass is 10.2. The number of anilines is 2. The van der Waals surface area contributed by atoms with E-state index in [1.54, 1.807) is 0 Å². The standard InChI is InChI=1S/C10H16N4O2S/c1-2-12-10-14-8(11)7(17-10)9(15)13-6-3-4-16-5-6/h6H,2-5,11H2,1H3,(H,12,14)(H,13,15). The van der Waals surface area contributed by atoms with E-state index in [2.05, 4.69) is 15.6 Å². The summed E-state index contributed by atoms with van der Waals surface area (Å²) in [7, 11) is 0. The van der Waals surface area contributed by atoms with Gasteiger partial charge in [-0.2, -0.15) is 0 Å². The Bertz CT molecular complexity index is 401. The van der Waals surface area contributed by atoms with Crippen LogP contribution in [0.25, 0.3) is 0 Å². The number of rotatable bonds is 4. The summed E-state index contributed by atoms with van der Waals surface area (Å²) in [5, 5.41) is 6.61. The van der Waals surface area contributed by atoms with Gasteiger partial charge in [0, 0.05) is 13.2 Å². The van der Waals surface area contributed by atoms with Crippen LogP contribution in [0.3, 0.4) is 0 Å². The quantitative estimate of drug-likeness (QED) is 0.737. The second-order valence-electron chi connectivity index (χ2n) is 3.80. The van der Waals surface area contributed by atoms with Crippen molar-refractivity contribution in [2.75, 3.05) is 30.8 Å². The SMILES string of the molecule is CCNc1nc(N)c(C(=O)NC2CCOC2)s1. The first kappa shape index (κ1) is 12.1. The van der Waals surface area contributed by atoms with Gasteiger partial charge in [0.15, 0.2) is 5.13 Å². The zero-order chi connectivity index (χ0) is 12.3. The Morgan fingerprint density at radius 2 is 2.53 bits per heavy atom. The van der Waals surface area contributed by atoms with Gasteiger partial charge in [-0.25, -0.2) is 4.98 Å². The number of thiazole rings is 1. The Hall–Kier alpha value is -1.34. The van der Waals surface area contributed by atoms with E-state index >= 15 is 0 Å². The van der Waals surface area contributed by atoms with Crippen LogP contribution in [0.5, 0.6) is 0 Å². The van der Waals surface area contributed by atoms with E-state index in [1.807, 2.05) is 6.92 Å². The third kappa shape index (κ3) is 2.86. The summed E-state index contributed by atoms with van der Waals surface area (Å²) < 4.78 is 5.20. The van der Waals surface area contributed by atoms with Crippen molar-refractivity contribution in [1.29, 1.82) is 0 Å². The highest BCUT2D eigenvalue weighted by Gasteiger charge is 2.22. The summed E-state index contributed by atoms with van der Waals surface area (Å²) in [6.07, 6.45) is 0.852. The number of hydrogen-bond donors (Lipinski definition) is 3. The lowest BCUT2D eigenvalue weighted by molar-refractivity contribution is 0.0934. The van der Waals surface area contributed by atoms with Crippen LogP contribution in [0.1, 0.15) is 23.0 Å². The van der Waals surface area contributed by atoms with E-state index in [9.17, 15) is 4.79 Å². The van der Waals surface area contributed by atoms with Gasteiger partial charge in [-0.15, -0.1) is 0 Å². The van der Waals surface area contributed by atoms with Crippen LogP contribution in [0.4, 0.5) is 10.9 Å². The molecule has 0 aliphatic carbocycles. The molecule has 1 aliphatic rings. The van der Waals surface area contributed by atoms with Gasteiger partial charge in [-0.1, -0.05) is 11.3 Å². The Balaban J connectivity index is 2.02. The second kappa shape index (κ2) is 5.33. The van der Waals surface area contributed by atoms with Gasteiger partial charge in [0.1, 0.15) is 10.7 Å². The van der Waals surface area contributed by atoms with Crippen LogP contribution in [0, 0.1) is 0 Å². The number of carbonyl (C=O) groups excluding carboxylic acids is 1. The molecule has 1 aliphatic heterocycles. The molecule has 1 atom stereocenters. The summed E-state index contributed by atoms with van der Waals surface area (Å²) in [5.74, 6) is 0.113. The van der Waals surface area contributed by atoms with Crippen LogP contribution in [-0.4, -0.2) is 36.7 Å². The van der Waals surface area contributed by atoms with Crippen molar-refractivity contribution in [2.45, 2.75) is 19.4 Å². The molecule has 6 nitrogen and oxygen atoms in total. The van der Waals surface area contributed by atoms with Gasteiger partial charge in [0.25, 0.3) is 5.91 Å². The maximum absolute atomic E-state index is 11.9. The molecule has 94 valence electrons. The Labute approximate surface area is 104 Å². The molecule has 4 N–H and O–H groups in total. The highest BCUT2D eigenvalue weighted by molar-refractivity contribution is 7.18. The predicted molar refractivity (Wildman–Crippen MR) is 67.4 cm³/mol. The molecule has 1 unspecified atom stereocenters. The van der Waals surface area contributed by atoms with E-state index < -0.39 is 0 Å². The molecule has 1 aromatic heterocycles. The molecular formula is C10H16N4O2S. The Morgan fingerprint density at radius 3 is 3.18 bits per heavy atom. The molecule has 1 saturated heterocycles. The van der Waals surface area contributed by atoms with Gasteiger partial charge in [0.05, 0.1) is 12.6 Å². The second-order valence-corrected chi connectivity index (χ2v) is 4.80. The molecular weight excluding hydrogens is 240 g/mol. The van der Waals surface area contributed by atoms with E-state index in [4.69, 9.17) is 10.5 Å². The molecule has 0 saturated carbocycles. The van der Waals surface area contributed by atoms with Crippen LogP contribution >= 0.6 is 11.3 Å². The summed E-state index contributed by atoms with van der Waals surface area (Å²) >= 11 is 1.28. The number of nitrogen functional groups attached to an aromatic ring is 1. The summed E-state index contributed by atoms with van der Waals surface area (Å²) in [6.45, 7) is 3.99. The number of carbonyl (C=O) groups is 1. The van der Waals surface area contributed by atoms with Crippen LogP contribution in [0.2, 0.25) is 0 Å². The molecule has 2 heterocycles. The number of aromatic nitrogens is 1. The molecule has 7 heteroatoms. The third-order valence-corrected chi connectivity index (χ3v) is 3.48. The van der Waals surface area contributed by atoms with Crippen LogP contribution < -0.4 is 16.4 Å². The molecule has 2 rings (SSSR count). The first-order valence-electron chi connectivity index (χ1n) is 5.59. The largest absolute Gasteiger partial charge is 0.382 e. The summed E-state index contributed by atoms with van der Waals surface area (Å²) in [4.78, 5) is 16.5. The topological polar surface area (TPSA) is 89.3 Å². The van der Waals surface area contributed by atoms with Crippen LogP contribution in [0.15, 0.2) is 0 Å². The lowest BCUT2D eigenvalue weighted by Gasteiger charge is -2.08. The first-order valence-corrected chi connectivity index (χ1v) is 6.41. The number of amides is 1. The lowest BCUT2D eigenvalue weighted by Crippen LogP contribution is -2.34. The number of nitrogens with zero attached hydrogens (tertiary/aromatic N) is 1. The number of nitrogens with one attached hydrogen (secondary N) is 2. The fourth-order valence-corrected chi connectivity index (χ4v) is 2.48. The van der Waals surface area contributed by atoms with E-state index in [-0.39, 0.29) is 17.8 Å². The Kier molecular flexibility index (Phi) is 3.80. The highest BCUT2D eigenvalue weighted by atomic mass is 32.1. The van der Waals surface area contributed by atoms with Gasteiger partial charge in [0.2, 0.25) is 0 Å². The monoisotopic (exact) mass is 256 g/mol. The van der Waals surface area contributed by atoms with Crippen molar-refractivity contribution in [1.82, 2.24) is 10.3 Å².